The van der Waals surface area contributed by atoms with Crippen molar-refractivity contribution in [2.24, 2.45) is 0 Å². The molecule has 0 spiro atoms. The molecule has 0 fully saturated rings. The molecule has 0 unspecified atom stereocenters. The van der Waals surface area contributed by atoms with E-state index in [0.717, 1.165) is 17.0 Å². The van der Waals surface area contributed by atoms with Crippen LogP contribution in [0.2, 0.25) is 19.6 Å². The van der Waals surface area contributed by atoms with E-state index in [1.807, 2.05) is 16.5 Å². The van der Waals surface area contributed by atoms with Crippen LogP contribution in [-0.4, -0.2) is 33.2 Å². The zero-order valence-electron chi connectivity index (χ0n) is 20.3. The van der Waals surface area contributed by atoms with Crippen molar-refractivity contribution in [3.8, 4) is 22.6 Å². The van der Waals surface area contributed by atoms with Crippen molar-refractivity contribution in [2.45, 2.75) is 32.7 Å². The second-order valence-electron chi connectivity index (χ2n) is 9.64. The normalized spacial score (nSPS) is 11.6. The Morgan fingerprint density at radius 2 is 1.69 bits per heavy atom. The van der Waals surface area contributed by atoms with E-state index in [0.29, 0.717) is 40.9 Å². The first-order valence-electron chi connectivity index (χ1n) is 11.6. The molecule has 5 aromatic rings. The topological polar surface area (TPSA) is 103 Å². The number of rotatable bonds is 7. The Balaban J connectivity index is 1.27. The summed E-state index contributed by atoms with van der Waals surface area (Å²) < 4.78 is 13.7. The lowest BCUT2D eigenvalue weighted by Gasteiger charge is -2.17. The van der Waals surface area contributed by atoms with E-state index >= 15 is 0 Å². The van der Waals surface area contributed by atoms with Crippen molar-refractivity contribution in [1.82, 2.24) is 19.9 Å². The van der Waals surface area contributed by atoms with Crippen LogP contribution in [0.25, 0.3) is 22.1 Å². The van der Waals surface area contributed by atoms with Gasteiger partial charge in [-0.2, -0.15) is 0 Å². The van der Waals surface area contributed by atoms with Gasteiger partial charge in [0.1, 0.15) is 35.8 Å². The first kappa shape index (κ1) is 23.5. The highest BCUT2D eigenvalue weighted by Gasteiger charge is 2.22. The largest absolute Gasteiger partial charge is 0.508 e. The van der Waals surface area contributed by atoms with Gasteiger partial charge in [-0.05, 0) is 65.8 Å². The van der Waals surface area contributed by atoms with Gasteiger partial charge in [-0.3, -0.25) is 9.14 Å². The van der Waals surface area contributed by atoms with Gasteiger partial charge in [0.25, 0.3) is 0 Å². The SMILES string of the molecule is C[Si](C)(C)n1nnnc1Cc1ccc(COc2ccc3c(=O)c(-c4ccc(O)cc4)coc3c2)cc1. The maximum Gasteiger partial charge on any atom is 0.200 e. The van der Waals surface area contributed by atoms with Crippen molar-refractivity contribution >= 4 is 19.2 Å². The summed E-state index contributed by atoms with van der Waals surface area (Å²) in [4.78, 5) is 13.0. The Hall–Kier alpha value is -4.24. The van der Waals surface area contributed by atoms with Crippen LogP contribution in [-0.2, 0) is 13.0 Å². The Kier molecular flexibility index (Phi) is 6.15. The average Bonchev–Trinajstić information content (AvgIpc) is 3.33. The first-order chi connectivity index (χ1) is 17.3. The molecule has 3 aromatic carbocycles. The summed E-state index contributed by atoms with van der Waals surface area (Å²) in [6, 6.07) is 19.8. The first-order valence-corrected chi connectivity index (χ1v) is 15.1. The Bertz CT molecular complexity index is 1570. The van der Waals surface area contributed by atoms with Crippen LogP contribution < -0.4 is 10.2 Å². The zero-order valence-corrected chi connectivity index (χ0v) is 21.3. The van der Waals surface area contributed by atoms with E-state index < -0.39 is 8.24 Å². The summed E-state index contributed by atoms with van der Waals surface area (Å²) in [6.45, 7) is 7.01. The predicted molar refractivity (Wildman–Crippen MR) is 140 cm³/mol. The number of aromatic nitrogens is 4. The number of benzene rings is 3. The summed E-state index contributed by atoms with van der Waals surface area (Å²) in [5.41, 5.74) is 3.59. The molecule has 0 aliphatic carbocycles. The van der Waals surface area contributed by atoms with Gasteiger partial charge < -0.3 is 14.3 Å². The summed E-state index contributed by atoms with van der Waals surface area (Å²) in [5, 5.41) is 22.2. The second-order valence-corrected chi connectivity index (χ2v) is 14.4. The quantitative estimate of drug-likeness (QED) is 0.315. The smallest absolute Gasteiger partial charge is 0.200 e. The minimum Gasteiger partial charge on any atom is -0.508 e. The number of aromatic hydroxyl groups is 1. The lowest BCUT2D eigenvalue weighted by Crippen LogP contribution is -2.35. The van der Waals surface area contributed by atoms with E-state index in [-0.39, 0.29) is 11.2 Å². The van der Waals surface area contributed by atoms with E-state index in [1.165, 1.54) is 6.26 Å². The highest BCUT2D eigenvalue weighted by molar-refractivity contribution is 6.74. The fraction of sp³-hybridized carbons (Fsp3) is 0.185. The number of fused-ring (bicyclic) bond motifs is 1. The molecule has 2 heterocycles. The third kappa shape index (κ3) is 4.92. The van der Waals surface area contributed by atoms with E-state index in [1.54, 1.807) is 42.5 Å². The summed E-state index contributed by atoms with van der Waals surface area (Å²) in [7, 11) is -1.66. The summed E-state index contributed by atoms with van der Waals surface area (Å²) in [5.74, 6) is 1.63. The molecule has 0 atom stereocenters. The highest BCUT2D eigenvalue weighted by atomic mass is 28.3. The van der Waals surface area contributed by atoms with Crippen molar-refractivity contribution < 1.29 is 14.3 Å². The maximum atomic E-state index is 13.0. The van der Waals surface area contributed by atoms with Crippen molar-refractivity contribution in [3.05, 3.63) is 100 Å². The fourth-order valence-electron chi connectivity index (χ4n) is 3.98. The molecular formula is C27H26N4O4Si. The summed E-state index contributed by atoms with van der Waals surface area (Å²) >= 11 is 0. The molecular weight excluding hydrogens is 472 g/mol. The zero-order chi connectivity index (χ0) is 25.3. The summed E-state index contributed by atoms with van der Waals surface area (Å²) in [6.07, 6.45) is 2.12. The number of phenols is 1. The standard InChI is InChI=1S/C27H26N4O4Si/c1-36(2,3)31-26(28-29-30-31)14-18-4-6-19(7-5-18)16-34-22-12-13-23-25(15-22)35-17-24(27(23)33)20-8-10-21(32)11-9-20/h4-13,15,17,32H,14,16H2,1-3H3. The van der Waals surface area contributed by atoms with Crippen LogP contribution in [0.15, 0.2) is 82.2 Å². The number of tetrazole rings is 1. The third-order valence-corrected chi connectivity index (χ3v) is 7.50. The molecule has 0 aliphatic rings. The molecule has 8 nitrogen and oxygen atoms in total. The number of phenolic OH excluding ortho intramolecular Hbond substituents is 1. The van der Waals surface area contributed by atoms with Gasteiger partial charge >= 0.3 is 0 Å². The van der Waals surface area contributed by atoms with Crippen LogP contribution in [0.5, 0.6) is 11.5 Å². The molecule has 2 aromatic heterocycles. The Morgan fingerprint density at radius 1 is 0.972 bits per heavy atom. The minimum absolute atomic E-state index is 0.135. The van der Waals surface area contributed by atoms with Gasteiger partial charge in [0.15, 0.2) is 13.7 Å². The lowest BCUT2D eigenvalue weighted by molar-refractivity contribution is 0.306. The van der Waals surface area contributed by atoms with Crippen LogP contribution >= 0.6 is 0 Å². The van der Waals surface area contributed by atoms with Gasteiger partial charge in [0.2, 0.25) is 0 Å². The molecule has 9 heteroatoms. The maximum absolute atomic E-state index is 13.0. The molecule has 0 saturated carbocycles. The molecule has 0 amide bonds. The monoisotopic (exact) mass is 498 g/mol. The van der Waals surface area contributed by atoms with Crippen LogP contribution in [0.4, 0.5) is 0 Å². The molecule has 0 radical (unpaired) electrons. The predicted octanol–water partition coefficient (Wildman–Crippen LogP) is 5.00. The van der Waals surface area contributed by atoms with Gasteiger partial charge in [0, 0.05) is 12.5 Å². The van der Waals surface area contributed by atoms with Crippen LogP contribution in [0, 0.1) is 0 Å². The van der Waals surface area contributed by atoms with Gasteiger partial charge in [-0.25, -0.2) is 0 Å². The van der Waals surface area contributed by atoms with Crippen LogP contribution in [0.3, 0.4) is 0 Å². The van der Waals surface area contributed by atoms with E-state index in [9.17, 15) is 9.90 Å². The molecule has 0 aliphatic heterocycles. The highest BCUT2D eigenvalue weighted by Crippen LogP contribution is 2.25. The van der Waals surface area contributed by atoms with Gasteiger partial charge in [0.05, 0.1) is 10.9 Å². The second kappa shape index (κ2) is 9.42. The minimum atomic E-state index is -1.66. The van der Waals surface area contributed by atoms with Crippen LogP contribution in [0.1, 0.15) is 17.0 Å². The molecule has 1 N–H and O–H groups in total. The Morgan fingerprint density at radius 3 is 2.42 bits per heavy atom. The molecule has 0 bridgehead atoms. The number of nitrogens with zero attached hydrogens (tertiary/aromatic N) is 4. The average molecular weight is 499 g/mol. The number of ether oxygens (including phenoxy) is 1. The van der Waals surface area contributed by atoms with E-state index in [4.69, 9.17) is 9.15 Å². The molecule has 0 saturated heterocycles. The number of hydrogen-bond acceptors (Lipinski definition) is 7. The molecule has 5 rings (SSSR count). The fourth-order valence-corrected chi connectivity index (χ4v) is 5.18. The lowest BCUT2D eigenvalue weighted by atomic mass is 10.1. The molecule has 36 heavy (non-hydrogen) atoms. The van der Waals surface area contributed by atoms with E-state index in [2.05, 4.69) is 47.3 Å². The molecule has 182 valence electrons. The van der Waals surface area contributed by atoms with Crippen molar-refractivity contribution in [2.75, 3.05) is 0 Å². The van der Waals surface area contributed by atoms with Crippen molar-refractivity contribution in [3.63, 3.8) is 0 Å². The number of hydrogen-bond donors (Lipinski definition) is 1. The third-order valence-electron chi connectivity index (χ3n) is 5.88. The van der Waals surface area contributed by atoms with Gasteiger partial charge in [-0.1, -0.05) is 41.6 Å². The Labute approximate surface area is 208 Å². The van der Waals surface area contributed by atoms with Gasteiger partial charge in [-0.15, -0.1) is 5.10 Å². The van der Waals surface area contributed by atoms with Crippen molar-refractivity contribution in [1.29, 1.82) is 0 Å².